The van der Waals surface area contributed by atoms with Crippen molar-refractivity contribution in [3.8, 4) is 0 Å². The molecule has 1 aliphatic heterocycles. The monoisotopic (exact) mass is 231 g/mol. The van der Waals surface area contributed by atoms with E-state index in [-0.39, 0.29) is 5.91 Å². The Balaban J connectivity index is 2.40. The molecule has 1 saturated heterocycles. The number of carbonyl (C=O) groups is 2. The van der Waals surface area contributed by atoms with Crippen LogP contribution in [0.25, 0.3) is 0 Å². The molecule has 1 aliphatic rings. The first-order valence-corrected chi connectivity index (χ1v) is 6.57. The number of hydrogen-bond acceptors (Lipinski definition) is 3. The number of carboxylic acid groups (broad SMARTS) is 1. The van der Waals surface area contributed by atoms with Crippen LogP contribution >= 0.6 is 11.8 Å². The van der Waals surface area contributed by atoms with E-state index in [1.54, 1.807) is 11.8 Å². The molecule has 1 fully saturated rings. The van der Waals surface area contributed by atoms with Crippen molar-refractivity contribution in [2.24, 2.45) is 0 Å². The van der Waals surface area contributed by atoms with Gasteiger partial charge in [0.1, 0.15) is 6.04 Å². The van der Waals surface area contributed by atoms with Crippen molar-refractivity contribution in [2.45, 2.75) is 31.7 Å². The third-order valence-corrected chi connectivity index (χ3v) is 3.29. The van der Waals surface area contributed by atoms with E-state index in [0.29, 0.717) is 19.4 Å². The SMILES string of the molecule is CSCCCC(=O)N1CCCC1C(=O)O. The van der Waals surface area contributed by atoms with Crippen LogP contribution in [0.1, 0.15) is 25.7 Å². The first kappa shape index (κ1) is 12.4. The van der Waals surface area contributed by atoms with E-state index in [1.165, 1.54) is 4.90 Å². The van der Waals surface area contributed by atoms with Crippen molar-refractivity contribution < 1.29 is 14.7 Å². The average molecular weight is 231 g/mol. The molecule has 1 unspecified atom stereocenters. The summed E-state index contributed by atoms with van der Waals surface area (Å²) in [6.45, 7) is 0.606. The molecule has 0 spiro atoms. The molecule has 1 atom stereocenters. The largest absolute Gasteiger partial charge is 0.480 e. The molecule has 0 aromatic rings. The Morgan fingerprint density at radius 3 is 2.87 bits per heavy atom. The predicted octanol–water partition coefficient (Wildman–Crippen LogP) is 1.21. The van der Waals surface area contributed by atoms with Gasteiger partial charge in [-0.05, 0) is 31.3 Å². The van der Waals surface area contributed by atoms with Gasteiger partial charge in [0.05, 0.1) is 0 Å². The predicted molar refractivity (Wildman–Crippen MR) is 60.0 cm³/mol. The summed E-state index contributed by atoms with van der Waals surface area (Å²) in [5, 5.41) is 8.91. The van der Waals surface area contributed by atoms with Gasteiger partial charge in [0.15, 0.2) is 0 Å². The topological polar surface area (TPSA) is 57.6 Å². The molecule has 0 aliphatic carbocycles. The molecule has 1 heterocycles. The first-order valence-electron chi connectivity index (χ1n) is 5.18. The fourth-order valence-corrected chi connectivity index (χ4v) is 2.27. The van der Waals surface area contributed by atoms with Gasteiger partial charge in [-0.1, -0.05) is 0 Å². The molecule has 0 radical (unpaired) electrons. The molecule has 4 nitrogen and oxygen atoms in total. The van der Waals surface area contributed by atoms with Crippen LogP contribution in [0.2, 0.25) is 0 Å². The molecule has 1 amide bonds. The van der Waals surface area contributed by atoms with Crippen molar-refractivity contribution in [3.05, 3.63) is 0 Å². The highest BCUT2D eigenvalue weighted by Gasteiger charge is 2.33. The normalized spacial score (nSPS) is 20.6. The lowest BCUT2D eigenvalue weighted by Crippen LogP contribution is -2.40. The Kier molecular flexibility index (Phi) is 4.94. The molecule has 1 rings (SSSR count). The Morgan fingerprint density at radius 1 is 1.53 bits per heavy atom. The number of carbonyl (C=O) groups excluding carboxylic acids is 1. The second kappa shape index (κ2) is 6.00. The fourth-order valence-electron chi connectivity index (χ4n) is 1.83. The van der Waals surface area contributed by atoms with Crippen LogP contribution in [0.4, 0.5) is 0 Å². The zero-order valence-electron chi connectivity index (χ0n) is 8.94. The third kappa shape index (κ3) is 3.41. The van der Waals surface area contributed by atoms with Crippen LogP contribution in [-0.2, 0) is 9.59 Å². The lowest BCUT2D eigenvalue weighted by Gasteiger charge is -2.21. The molecule has 0 aromatic heterocycles. The van der Waals surface area contributed by atoms with E-state index < -0.39 is 12.0 Å². The number of carboxylic acids is 1. The summed E-state index contributed by atoms with van der Waals surface area (Å²) in [5.41, 5.74) is 0. The zero-order chi connectivity index (χ0) is 11.3. The highest BCUT2D eigenvalue weighted by molar-refractivity contribution is 7.98. The second-order valence-corrected chi connectivity index (χ2v) is 4.67. The second-order valence-electron chi connectivity index (χ2n) is 3.68. The molecule has 86 valence electrons. The summed E-state index contributed by atoms with van der Waals surface area (Å²) in [5.74, 6) is 0.0804. The van der Waals surface area contributed by atoms with Crippen molar-refractivity contribution >= 4 is 23.6 Å². The number of nitrogens with zero attached hydrogens (tertiary/aromatic N) is 1. The van der Waals surface area contributed by atoms with Crippen molar-refractivity contribution in [1.29, 1.82) is 0 Å². The average Bonchev–Trinajstić information content (AvgIpc) is 2.66. The van der Waals surface area contributed by atoms with E-state index in [9.17, 15) is 9.59 Å². The maximum atomic E-state index is 11.7. The van der Waals surface area contributed by atoms with Crippen LogP contribution in [0.3, 0.4) is 0 Å². The maximum Gasteiger partial charge on any atom is 0.326 e. The molecule has 0 aromatic carbocycles. The number of aliphatic carboxylic acids is 1. The summed E-state index contributed by atoms with van der Waals surface area (Å²) < 4.78 is 0. The van der Waals surface area contributed by atoms with E-state index >= 15 is 0 Å². The highest BCUT2D eigenvalue weighted by Crippen LogP contribution is 2.19. The van der Waals surface area contributed by atoms with Gasteiger partial charge in [-0.15, -0.1) is 0 Å². The number of rotatable bonds is 5. The summed E-state index contributed by atoms with van der Waals surface area (Å²) in [4.78, 5) is 24.1. The zero-order valence-corrected chi connectivity index (χ0v) is 9.76. The summed E-state index contributed by atoms with van der Waals surface area (Å²) in [7, 11) is 0. The number of likely N-dealkylation sites (tertiary alicyclic amines) is 1. The van der Waals surface area contributed by atoms with Crippen LogP contribution in [0.5, 0.6) is 0 Å². The minimum Gasteiger partial charge on any atom is -0.480 e. The van der Waals surface area contributed by atoms with E-state index in [0.717, 1.165) is 18.6 Å². The van der Waals surface area contributed by atoms with Gasteiger partial charge in [-0.25, -0.2) is 4.79 Å². The van der Waals surface area contributed by atoms with E-state index in [1.807, 2.05) is 6.26 Å². The Bertz CT molecular complexity index is 245. The Hall–Kier alpha value is -0.710. The maximum absolute atomic E-state index is 11.7. The van der Waals surface area contributed by atoms with Gasteiger partial charge in [0.25, 0.3) is 0 Å². The van der Waals surface area contributed by atoms with Gasteiger partial charge in [-0.2, -0.15) is 11.8 Å². The molecular formula is C10H17NO3S. The highest BCUT2D eigenvalue weighted by atomic mass is 32.2. The van der Waals surface area contributed by atoms with Crippen molar-refractivity contribution in [3.63, 3.8) is 0 Å². The van der Waals surface area contributed by atoms with E-state index in [4.69, 9.17) is 5.11 Å². The molecule has 5 heteroatoms. The van der Waals surface area contributed by atoms with E-state index in [2.05, 4.69) is 0 Å². The minimum atomic E-state index is -0.870. The Labute approximate surface area is 94.0 Å². The molecule has 1 N–H and O–H groups in total. The lowest BCUT2D eigenvalue weighted by atomic mass is 10.2. The number of thioether (sulfide) groups is 1. The summed E-state index contributed by atoms with van der Waals surface area (Å²) in [6.07, 6.45) is 4.72. The van der Waals surface area contributed by atoms with Gasteiger partial charge in [0, 0.05) is 13.0 Å². The third-order valence-electron chi connectivity index (χ3n) is 2.60. The van der Waals surface area contributed by atoms with Crippen molar-refractivity contribution in [2.75, 3.05) is 18.6 Å². The quantitative estimate of drug-likeness (QED) is 0.722. The lowest BCUT2D eigenvalue weighted by molar-refractivity contribution is -0.148. The molecular weight excluding hydrogens is 214 g/mol. The van der Waals surface area contributed by atoms with Gasteiger partial charge >= 0.3 is 5.97 Å². The standard InChI is InChI=1S/C10H17NO3S/c1-15-7-3-5-9(12)11-6-2-4-8(11)10(13)14/h8H,2-7H2,1H3,(H,13,14). The van der Waals surface area contributed by atoms with Gasteiger partial charge < -0.3 is 10.0 Å². The van der Waals surface area contributed by atoms with Crippen LogP contribution in [0.15, 0.2) is 0 Å². The summed E-state index contributed by atoms with van der Waals surface area (Å²) >= 11 is 1.71. The van der Waals surface area contributed by atoms with Crippen molar-refractivity contribution in [1.82, 2.24) is 4.90 Å². The van der Waals surface area contributed by atoms with Gasteiger partial charge in [0.2, 0.25) is 5.91 Å². The van der Waals surface area contributed by atoms with Crippen LogP contribution in [0, 0.1) is 0 Å². The number of hydrogen-bond donors (Lipinski definition) is 1. The molecule has 0 saturated carbocycles. The minimum absolute atomic E-state index is 0.00560. The molecule has 0 bridgehead atoms. The fraction of sp³-hybridized carbons (Fsp3) is 0.800. The smallest absolute Gasteiger partial charge is 0.326 e. The summed E-state index contributed by atoms with van der Waals surface area (Å²) in [6, 6.07) is -0.577. The van der Waals surface area contributed by atoms with Crippen LogP contribution in [-0.4, -0.2) is 46.5 Å². The van der Waals surface area contributed by atoms with Crippen LogP contribution < -0.4 is 0 Å². The first-order chi connectivity index (χ1) is 7.16. The van der Waals surface area contributed by atoms with Gasteiger partial charge in [-0.3, -0.25) is 4.79 Å². The Morgan fingerprint density at radius 2 is 2.27 bits per heavy atom. The molecule has 15 heavy (non-hydrogen) atoms. The number of amides is 1.